The summed E-state index contributed by atoms with van der Waals surface area (Å²) in [4.78, 5) is 23.5. The molecule has 0 radical (unpaired) electrons. The minimum atomic E-state index is -0.584. The number of allylic oxidation sites excluding steroid dienone is 1. The Labute approximate surface area is 138 Å². The first-order valence-electron chi connectivity index (χ1n) is 9.33. The van der Waals surface area contributed by atoms with Crippen LogP contribution in [0.3, 0.4) is 0 Å². The zero-order valence-corrected chi connectivity index (χ0v) is 14.3. The number of carboxylic acids is 1. The van der Waals surface area contributed by atoms with E-state index >= 15 is 0 Å². The summed E-state index contributed by atoms with van der Waals surface area (Å²) in [6.07, 6.45) is 9.99. The third-order valence-corrected chi connectivity index (χ3v) is 8.26. The molecule has 0 saturated heterocycles. The molecule has 0 spiro atoms. The van der Waals surface area contributed by atoms with Gasteiger partial charge >= 0.3 is 5.97 Å². The van der Waals surface area contributed by atoms with Gasteiger partial charge in [0.1, 0.15) is 0 Å². The molecule has 0 aromatic carbocycles. The van der Waals surface area contributed by atoms with Gasteiger partial charge in [-0.25, -0.2) is 0 Å². The summed E-state index contributed by atoms with van der Waals surface area (Å²) in [6.45, 7) is 4.63. The van der Waals surface area contributed by atoms with Crippen LogP contribution in [-0.2, 0) is 9.59 Å². The molecule has 3 saturated carbocycles. The van der Waals surface area contributed by atoms with Gasteiger partial charge in [-0.1, -0.05) is 19.4 Å². The number of ketones is 1. The fraction of sp³-hybridized carbons (Fsp3) is 0.800. The third-order valence-electron chi connectivity index (χ3n) is 8.26. The van der Waals surface area contributed by atoms with Gasteiger partial charge in [0.2, 0.25) is 0 Å². The standard InChI is InChI=1S/C20H28O3/c1-19-9-7-13(21)11-12(19)3-4-14-15-5-6-17(18(22)23)20(15,2)10-8-16(14)19/h11,14-17H,3-10H2,1-2H3,(H,22,23)/t14-,15-,16-,17+,19+,20-/m1/s1. The van der Waals surface area contributed by atoms with Gasteiger partial charge in [-0.3, -0.25) is 9.59 Å². The van der Waals surface area contributed by atoms with Gasteiger partial charge in [-0.05, 0) is 79.6 Å². The van der Waals surface area contributed by atoms with Crippen molar-refractivity contribution in [1.29, 1.82) is 0 Å². The Kier molecular flexibility index (Phi) is 3.31. The van der Waals surface area contributed by atoms with Crippen LogP contribution in [0.15, 0.2) is 11.6 Å². The largest absolute Gasteiger partial charge is 0.481 e. The number of carbonyl (C=O) groups excluding carboxylic acids is 1. The Bertz CT molecular complexity index is 592. The minimum Gasteiger partial charge on any atom is -0.481 e. The van der Waals surface area contributed by atoms with Crippen LogP contribution in [-0.4, -0.2) is 16.9 Å². The number of fused-ring (bicyclic) bond motifs is 5. The molecule has 0 heterocycles. The molecule has 4 aliphatic rings. The van der Waals surface area contributed by atoms with E-state index in [1.54, 1.807) is 0 Å². The average molecular weight is 316 g/mol. The lowest BCUT2D eigenvalue weighted by Gasteiger charge is -2.57. The van der Waals surface area contributed by atoms with Crippen molar-refractivity contribution in [3.8, 4) is 0 Å². The summed E-state index contributed by atoms with van der Waals surface area (Å²) in [5, 5.41) is 9.63. The monoisotopic (exact) mass is 316 g/mol. The third kappa shape index (κ3) is 2.01. The van der Waals surface area contributed by atoms with Crippen LogP contribution >= 0.6 is 0 Å². The van der Waals surface area contributed by atoms with Gasteiger partial charge in [0.15, 0.2) is 5.78 Å². The van der Waals surface area contributed by atoms with Crippen LogP contribution in [0.2, 0.25) is 0 Å². The highest BCUT2D eigenvalue weighted by molar-refractivity contribution is 5.91. The van der Waals surface area contributed by atoms with E-state index in [4.69, 9.17) is 0 Å². The summed E-state index contributed by atoms with van der Waals surface area (Å²) in [7, 11) is 0. The molecule has 23 heavy (non-hydrogen) atoms. The van der Waals surface area contributed by atoms with Gasteiger partial charge in [0.05, 0.1) is 5.92 Å². The summed E-state index contributed by atoms with van der Waals surface area (Å²) in [5.41, 5.74) is 1.58. The lowest BCUT2D eigenvalue weighted by Crippen LogP contribution is -2.51. The molecule has 0 amide bonds. The van der Waals surface area contributed by atoms with Crippen LogP contribution < -0.4 is 0 Å². The fourth-order valence-corrected chi connectivity index (χ4v) is 6.97. The second-order valence-electron chi connectivity index (χ2n) is 8.98. The first-order chi connectivity index (χ1) is 10.9. The quantitative estimate of drug-likeness (QED) is 0.788. The Morgan fingerprint density at radius 1 is 1.09 bits per heavy atom. The molecule has 3 fully saturated rings. The van der Waals surface area contributed by atoms with Crippen molar-refractivity contribution in [2.24, 2.45) is 34.5 Å². The predicted octanol–water partition coefficient (Wildman–Crippen LogP) is 4.22. The Morgan fingerprint density at radius 3 is 2.61 bits per heavy atom. The van der Waals surface area contributed by atoms with Crippen molar-refractivity contribution in [1.82, 2.24) is 0 Å². The number of carbonyl (C=O) groups is 2. The maximum absolute atomic E-state index is 11.8. The molecule has 0 unspecified atom stereocenters. The number of carboxylic acid groups (broad SMARTS) is 1. The van der Waals surface area contributed by atoms with Gasteiger partial charge in [0, 0.05) is 6.42 Å². The van der Waals surface area contributed by atoms with E-state index in [1.807, 2.05) is 6.08 Å². The second kappa shape index (κ2) is 4.94. The highest BCUT2D eigenvalue weighted by atomic mass is 16.4. The SMILES string of the molecule is C[C@@]12CC[C@@H]3[C@H](CCC4=CC(=O)CC[C@@]43C)[C@H]1CC[C@H]2C(=O)O. The van der Waals surface area contributed by atoms with E-state index in [0.29, 0.717) is 30.0 Å². The molecule has 0 bridgehead atoms. The predicted molar refractivity (Wildman–Crippen MR) is 87.8 cm³/mol. The normalized spacial score (nSPS) is 49.0. The second-order valence-corrected chi connectivity index (χ2v) is 8.98. The van der Waals surface area contributed by atoms with Crippen LogP contribution in [0, 0.1) is 34.5 Å². The smallest absolute Gasteiger partial charge is 0.307 e. The maximum atomic E-state index is 11.8. The topological polar surface area (TPSA) is 54.4 Å². The molecular weight excluding hydrogens is 288 g/mol. The minimum absolute atomic E-state index is 0.00490. The Balaban J connectivity index is 1.67. The number of aliphatic carboxylic acids is 1. The average Bonchev–Trinajstić information content (AvgIpc) is 2.85. The van der Waals surface area contributed by atoms with E-state index < -0.39 is 5.97 Å². The molecule has 0 aromatic heterocycles. The molecule has 126 valence electrons. The molecular formula is C20H28O3. The zero-order valence-electron chi connectivity index (χ0n) is 14.3. The first-order valence-corrected chi connectivity index (χ1v) is 9.33. The molecule has 0 aromatic rings. The lowest BCUT2D eigenvalue weighted by molar-refractivity contribution is -0.149. The van der Waals surface area contributed by atoms with Gasteiger partial charge < -0.3 is 5.11 Å². The van der Waals surface area contributed by atoms with E-state index in [1.165, 1.54) is 5.57 Å². The van der Waals surface area contributed by atoms with Gasteiger partial charge in [0.25, 0.3) is 0 Å². The van der Waals surface area contributed by atoms with Crippen LogP contribution in [0.5, 0.6) is 0 Å². The number of hydrogen-bond donors (Lipinski definition) is 1. The maximum Gasteiger partial charge on any atom is 0.307 e. The summed E-state index contributed by atoms with van der Waals surface area (Å²) < 4.78 is 0. The molecule has 4 rings (SSSR count). The van der Waals surface area contributed by atoms with Crippen molar-refractivity contribution in [2.45, 2.75) is 65.2 Å². The molecule has 6 atom stereocenters. The fourth-order valence-electron chi connectivity index (χ4n) is 6.97. The van der Waals surface area contributed by atoms with Crippen molar-refractivity contribution in [2.75, 3.05) is 0 Å². The van der Waals surface area contributed by atoms with Gasteiger partial charge in [-0.15, -0.1) is 0 Å². The summed E-state index contributed by atoms with van der Waals surface area (Å²) >= 11 is 0. The highest BCUT2D eigenvalue weighted by Crippen LogP contribution is 2.66. The summed E-state index contributed by atoms with van der Waals surface area (Å²) in [6, 6.07) is 0. The number of rotatable bonds is 1. The Hall–Kier alpha value is -1.12. The van der Waals surface area contributed by atoms with Gasteiger partial charge in [-0.2, -0.15) is 0 Å². The highest BCUT2D eigenvalue weighted by Gasteiger charge is 2.60. The molecule has 0 aliphatic heterocycles. The van der Waals surface area contributed by atoms with E-state index in [0.717, 1.165) is 44.9 Å². The molecule has 3 heteroatoms. The van der Waals surface area contributed by atoms with Crippen LogP contribution in [0.4, 0.5) is 0 Å². The van der Waals surface area contributed by atoms with Crippen molar-refractivity contribution >= 4 is 11.8 Å². The zero-order chi connectivity index (χ0) is 16.4. The molecule has 3 nitrogen and oxygen atoms in total. The molecule has 4 aliphatic carbocycles. The van der Waals surface area contributed by atoms with Crippen molar-refractivity contribution in [3.63, 3.8) is 0 Å². The van der Waals surface area contributed by atoms with E-state index in [-0.39, 0.29) is 16.7 Å². The molecule has 1 N–H and O–H groups in total. The van der Waals surface area contributed by atoms with Crippen LogP contribution in [0.1, 0.15) is 65.2 Å². The first kappa shape index (κ1) is 15.4. The lowest BCUT2D eigenvalue weighted by atomic mass is 9.47. The number of hydrogen-bond acceptors (Lipinski definition) is 2. The van der Waals surface area contributed by atoms with E-state index in [9.17, 15) is 14.7 Å². The van der Waals surface area contributed by atoms with Crippen molar-refractivity contribution < 1.29 is 14.7 Å². The van der Waals surface area contributed by atoms with Crippen molar-refractivity contribution in [3.05, 3.63) is 11.6 Å². The van der Waals surface area contributed by atoms with Crippen LogP contribution in [0.25, 0.3) is 0 Å². The summed E-state index contributed by atoms with van der Waals surface area (Å²) in [5.74, 6) is 1.46. The Morgan fingerprint density at radius 2 is 1.87 bits per heavy atom. The van der Waals surface area contributed by atoms with E-state index in [2.05, 4.69) is 13.8 Å².